The molecule has 4 rings (SSSR count). The first-order valence-corrected chi connectivity index (χ1v) is 11.3. The van der Waals surface area contributed by atoms with E-state index in [2.05, 4.69) is 16.5 Å². The van der Waals surface area contributed by atoms with Crippen molar-refractivity contribution in [3.63, 3.8) is 0 Å². The van der Waals surface area contributed by atoms with Crippen LogP contribution in [0.15, 0.2) is 78.9 Å². The highest BCUT2D eigenvalue weighted by Crippen LogP contribution is 2.33. The zero-order valence-corrected chi connectivity index (χ0v) is 20.3. The molecule has 0 spiro atoms. The number of Topliss-reactive ketones (excluding diaryl/α,β-unsaturated/α-hetero) is 2. The monoisotopic (exact) mass is 479 g/mol. The van der Waals surface area contributed by atoms with Crippen molar-refractivity contribution in [2.75, 3.05) is 6.61 Å². The van der Waals surface area contributed by atoms with Crippen LogP contribution in [0.3, 0.4) is 0 Å². The number of aryl methyl sites for hydroxylation is 2. The molecule has 0 fully saturated rings. The van der Waals surface area contributed by atoms with E-state index in [1.165, 1.54) is 13.0 Å². The predicted octanol–water partition coefficient (Wildman–Crippen LogP) is 5.29. The number of hydrogen-bond acceptors (Lipinski definition) is 7. The number of nitrogens with zero attached hydrogens (tertiary/aromatic N) is 3. The van der Waals surface area contributed by atoms with Crippen LogP contribution in [-0.4, -0.2) is 38.2 Å². The normalized spacial score (nSPS) is 10.6. The molecule has 0 saturated carbocycles. The van der Waals surface area contributed by atoms with Crippen LogP contribution in [0.2, 0.25) is 0 Å². The molecule has 0 amide bonds. The average Bonchev–Trinajstić information content (AvgIpc) is 2.87. The van der Waals surface area contributed by atoms with Crippen molar-refractivity contribution >= 4 is 11.6 Å². The molecule has 36 heavy (non-hydrogen) atoms. The van der Waals surface area contributed by atoms with Gasteiger partial charge in [-0.3, -0.25) is 9.59 Å². The van der Waals surface area contributed by atoms with Gasteiger partial charge in [0.15, 0.2) is 24.1 Å². The van der Waals surface area contributed by atoms with Crippen molar-refractivity contribution in [3.05, 3.63) is 90.0 Å². The lowest BCUT2D eigenvalue weighted by atomic mass is 10.1. The summed E-state index contributed by atoms with van der Waals surface area (Å²) >= 11 is 0. The summed E-state index contributed by atoms with van der Waals surface area (Å²) in [5, 5.41) is 10.8. The van der Waals surface area contributed by atoms with Gasteiger partial charge in [0.2, 0.25) is 11.6 Å². The third-order valence-corrected chi connectivity index (χ3v) is 5.63. The summed E-state index contributed by atoms with van der Waals surface area (Å²) in [5.41, 5.74) is 4.25. The second-order valence-electron chi connectivity index (χ2n) is 8.44. The maximum absolute atomic E-state index is 11.9. The Morgan fingerprint density at radius 3 is 1.78 bits per heavy atom. The van der Waals surface area contributed by atoms with Crippen molar-refractivity contribution in [1.29, 1.82) is 0 Å². The highest BCUT2D eigenvalue weighted by atomic mass is 16.5. The minimum absolute atomic E-state index is 0.135. The molecule has 0 aliphatic carbocycles. The van der Waals surface area contributed by atoms with Gasteiger partial charge in [-0.25, -0.2) is 15.0 Å². The number of hydrogen-bond donors (Lipinski definition) is 1. The fraction of sp³-hybridized carbons (Fsp3) is 0.138. The smallest absolute Gasteiger partial charge is 0.240 e. The van der Waals surface area contributed by atoms with Crippen LogP contribution in [0.25, 0.3) is 34.2 Å². The lowest BCUT2D eigenvalue weighted by molar-refractivity contribution is -0.135. The Hall–Kier alpha value is -4.65. The number of carbonyl (C=O) groups is 2. The molecule has 1 N–H and O–H groups in total. The minimum Gasteiger partial charge on any atom is -0.507 e. The maximum atomic E-state index is 11.9. The van der Waals surface area contributed by atoms with Gasteiger partial charge in [0, 0.05) is 17.2 Å². The van der Waals surface area contributed by atoms with E-state index in [1.807, 2.05) is 62.4 Å². The zero-order chi connectivity index (χ0) is 25.8. The molecule has 7 nitrogen and oxygen atoms in total. The Bertz CT molecular complexity index is 1430. The predicted molar refractivity (Wildman–Crippen MR) is 138 cm³/mol. The van der Waals surface area contributed by atoms with Crippen LogP contribution < -0.4 is 4.74 Å². The highest BCUT2D eigenvalue weighted by Gasteiger charge is 2.18. The number of benzene rings is 3. The Balaban J connectivity index is 1.74. The molecule has 0 atom stereocenters. The second-order valence-corrected chi connectivity index (χ2v) is 8.44. The molecule has 0 aliphatic heterocycles. The van der Waals surface area contributed by atoms with Crippen molar-refractivity contribution in [2.24, 2.45) is 0 Å². The second kappa shape index (κ2) is 10.3. The van der Waals surface area contributed by atoms with Crippen LogP contribution in [-0.2, 0) is 9.59 Å². The van der Waals surface area contributed by atoms with Gasteiger partial charge in [0.05, 0.1) is 5.56 Å². The molecule has 180 valence electrons. The van der Waals surface area contributed by atoms with Crippen LogP contribution in [0, 0.1) is 13.8 Å². The fourth-order valence-corrected chi connectivity index (χ4v) is 3.63. The Morgan fingerprint density at radius 2 is 1.31 bits per heavy atom. The molecule has 0 unspecified atom stereocenters. The van der Waals surface area contributed by atoms with E-state index in [0.29, 0.717) is 23.0 Å². The standard InChI is InChI=1S/C29H25N3O4/c1-17(2)26(35)25(34)16-36-20-13-14-23(24(33)15-20)29-31-27(21-11-7-5-9-18(21)3)30-28(32-29)22-12-8-6-10-19(22)4/h5-15,33H,1,16H2,2-4H3. The van der Waals surface area contributed by atoms with E-state index in [1.54, 1.807) is 12.1 Å². The van der Waals surface area contributed by atoms with Crippen LogP contribution in [0.4, 0.5) is 0 Å². The number of ether oxygens (including phenoxy) is 1. The molecular formula is C29H25N3O4. The first kappa shape index (κ1) is 24.5. The van der Waals surface area contributed by atoms with Crippen molar-refractivity contribution in [2.45, 2.75) is 20.8 Å². The summed E-state index contributed by atoms with van der Waals surface area (Å²) in [5.74, 6) is -0.0443. The summed E-state index contributed by atoms with van der Waals surface area (Å²) in [6.07, 6.45) is 0. The fourth-order valence-electron chi connectivity index (χ4n) is 3.63. The first-order chi connectivity index (χ1) is 17.2. The molecule has 0 saturated heterocycles. The van der Waals surface area contributed by atoms with Gasteiger partial charge in [0.1, 0.15) is 11.5 Å². The van der Waals surface area contributed by atoms with E-state index in [-0.39, 0.29) is 17.1 Å². The van der Waals surface area contributed by atoms with E-state index >= 15 is 0 Å². The van der Waals surface area contributed by atoms with E-state index in [4.69, 9.17) is 9.72 Å². The summed E-state index contributed by atoms with van der Waals surface area (Å²) < 4.78 is 5.40. The number of aromatic nitrogens is 3. The first-order valence-electron chi connectivity index (χ1n) is 11.3. The summed E-state index contributed by atoms with van der Waals surface area (Å²) in [4.78, 5) is 37.7. The molecule has 0 bridgehead atoms. The van der Waals surface area contributed by atoms with Crippen molar-refractivity contribution < 1.29 is 19.4 Å². The maximum Gasteiger partial charge on any atom is 0.240 e. The van der Waals surface area contributed by atoms with E-state index in [9.17, 15) is 14.7 Å². The van der Waals surface area contributed by atoms with Crippen LogP contribution >= 0.6 is 0 Å². The molecule has 1 aromatic heterocycles. The lowest BCUT2D eigenvalue weighted by Crippen LogP contribution is -2.21. The van der Waals surface area contributed by atoms with Crippen molar-refractivity contribution in [3.8, 4) is 45.7 Å². The topological polar surface area (TPSA) is 102 Å². The Morgan fingerprint density at radius 1 is 0.806 bits per heavy atom. The minimum atomic E-state index is -0.714. The van der Waals surface area contributed by atoms with E-state index in [0.717, 1.165) is 22.3 Å². The van der Waals surface area contributed by atoms with Crippen LogP contribution in [0.5, 0.6) is 11.5 Å². The third-order valence-electron chi connectivity index (χ3n) is 5.63. The van der Waals surface area contributed by atoms with Gasteiger partial charge in [-0.05, 0) is 49.6 Å². The van der Waals surface area contributed by atoms with E-state index < -0.39 is 18.2 Å². The Kier molecular flexibility index (Phi) is 7.01. The third kappa shape index (κ3) is 5.20. The molecule has 0 aliphatic rings. The molecule has 4 aromatic rings. The summed E-state index contributed by atoms with van der Waals surface area (Å²) in [6.45, 7) is 8.45. The van der Waals surface area contributed by atoms with Gasteiger partial charge >= 0.3 is 0 Å². The molecular weight excluding hydrogens is 454 g/mol. The number of phenolic OH excluding ortho intramolecular Hbond substituents is 1. The number of ketones is 2. The van der Waals surface area contributed by atoms with Gasteiger partial charge in [-0.2, -0.15) is 0 Å². The SMILES string of the molecule is C=C(C)C(=O)C(=O)COc1ccc(-c2nc(-c3ccccc3C)nc(-c3ccccc3C)n2)c(O)c1. The average molecular weight is 480 g/mol. The molecule has 7 heteroatoms. The quantitative estimate of drug-likeness (QED) is 0.271. The highest BCUT2D eigenvalue weighted by molar-refractivity contribution is 6.43. The number of aromatic hydroxyl groups is 1. The van der Waals surface area contributed by atoms with Gasteiger partial charge in [0.25, 0.3) is 0 Å². The number of carbonyl (C=O) groups excluding carboxylic acids is 2. The van der Waals surface area contributed by atoms with Gasteiger partial charge < -0.3 is 9.84 Å². The van der Waals surface area contributed by atoms with Crippen molar-refractivity contribution in [1.82, 2.24) is 15.0 Å². The lowest BCUT2D eigenvalue weighted by Gasteiger charge is -2.12. The number of phenols is 1. The summed E-state index contributed by atoms with van der Waals surface area (Å²) in [6, 6.07) is 20.1. The number of allylic oxidation sites excluding steroid dienone is 1. The molecule has 0 radical (unpaired) electrons. The Labute approximate surface area is 209 Å². The summed E-state index contributed by atoms with van der Waals surface area (Å²) in [7, 11) is 0. The number of rotatable bonds is 8. The zero-order valence-electron chi connectivity index (χ0n) is 20.3. The van der Waals surface area contributed by atoms with Gasteiger partial charge in [-0.1, -0.05) is 55.1 Å². The largest absolute Gasteiger partial charge is 0.507 e. The van der Waals surface area contributed by atoms with Crippen LogP contribution in [0.1, 0.15) is 18.1 Å². The van der Waals surface area contributed by atoms with Gasteiger partial charge in [-0.15, -0.1) is 0 Å². The molecule has 3 aromatic carbocycles. The molecule has 1 heterocycles.